The van der Waals surface area contributed by atoms with E-state index in [1.54, 1.807) is 0 Å². The summed E-state index contributed by atoms with van der Waals surface area (Å²) < 4.78 is 0. The second kappa shape index (κ2) is 68.1. The predicted molar refractivity (Wildman–Crippen MR) is 345 cm³/mol. The summed E-state index contributed by atoms with van der Waals surface area (Å²) in [5, 5.41) is 23.5. The molecule has 0 saturated heterocycles. The molecule has 0 aliphatic rings. The minimum Gasteiger partial charge on any atom is -0.394 e. The number of rotatable bonds is 64. The van der Waals surface area contributed by atoms with E-state index in [4.69, 9.17) is 0 Å². The monoisotopic (exact) mass is 1070 g/mol. The zero-order chi connectivity index (χ0) is 55.5. The van der Waals surface area contributed by atoms with Gasteiger partial charge in [-0.2, -0.15) is 0 Å². The van der Waals surface area contributed by atoms with Crippen LogP contribution >= 0.6 is 0 Å². The van der Waals surface area contributed by atoms with Gasteiger partial charge in [0.1, 0.15) is 0 Å². The lowest BCUT2D eigenvalue weighted by molar-refractivity contribution is -0.123. The first-order valence-corrected chi connectivity index (χ1v) is 34.6. The van der Waals surface area contributed by atoms with Crippen molar-refractivity contribution >= 4 is 5.91 Å². The zero-order valence-electron chi connectivity index (χ0n) is 52.0. The molecule has 4 heteroatoms. The van der Waals surface area contributed by atoms with E-state index in [9.17, 15) is 15.0 Å². The normalized spacial score (nSPS) is 13.1. The third kappa shape index (κ3) is 64.5. The van der Waals surface area contributed by atoms with Crippen LogP contribution in [0.25, 0.3) is 0 Å². The topological polar surface area (TPSA) is 69.6 Å². The lowest BCUT2D eigenvalue weighted by Crippen LogP contribution is -2.45. The standard InChI is InChI=1S/C73H135NO3/c1-3-5-7-9-11-13-15-17-19-21-23-25-27-29-31-32-33-34-35-36-37-38-39-40-41-42-43-45-47-49-51-53-55-57-59-61-63-65-67-69-73(77)74-71(70-75)72(76)68-66-64-62-60-58-56-54-52-50-48-46-44-30-28-26-24-22-20-18-16-14-12-10-8-6-4-2/h5,7,11,13,17,19,23,25,29,31,33-34,71-72,75-76H,3-4,6,8-10,12,14-16,18,20-22,24,26-28,30,32,35-70H2,1-2H3,(H,74,77)/b7-5-,13-11-,19-17-,25-23-,31-29-,34-33-. The number of aliphatic hydroxyl groups is 2. The van der Waals surface area contributed by atoms with E-state index in [1.807, 2.05) is 0 Å². The van der Waals surface area contributed by atoms with Crippen LogP contribution in [0.4, 0.5) is 0 Å². The number of hydrogen-bond acceptors (Lipinski definition) is 3. The average Bonchev–Trinajstić information content (AvgIpc) is 3.43. The number of unbranched alkanes of at least 4 members (excludes halogenated alkanes) is 45. The molecule has 1 amide bonds. The highest BCUT2D eigenvalue weighted by Crippen LogP contribution is 2.19. The molecule has 0 saturated carbocycles. The zero-order valence-corrected chi connectivity index (χ0v) is 52.0. The van der Waals surface area contributed by atoms with Crippen molar-refractivity contribution in [2.75, 3.05) is 6.61 Å². The van der Waals surface area contributed by atoms with E-state index in [2.05, 4.69) is 92.1 Å². The number of amides is 1. The molecular formula is C73H135NO3. The summed E-state index contributed by atoms with van der Waals surface area (Å²) in [7, 11) is 0. The second-order valence-electron chi connectivity index (χ2n) is 23.6. The Bertz CT molecular complexity index is 1310. The van der Waals surface area contributed by atoms with Crippen LogP contribution in [0, 0.1) is 0 Å². The molecule has 2 atom stereocenters. The summed E-state index contributed by atoms with van der Waals surface area (Å²) in [6.07, 6.45) is 98.1. The molecule has 0 aromatic heterocycles. The van der Waals surface area contributed by atoms with Crippen LogP contribution in [0.15, 0.2) is 72.9 Å². The highest BCUT2D eigenvalue weighted by molar-refractivity contribution is 5.76. The van der Waals surface area contributed by atoms with Gasteiger partial charge in [-0.25, -0.2) is 0 Å². The van der Waals surface area contributed by atoms with Gasteiger partial charge in [-0.3, -0.25) is 4.79 Å². The van der Waals surface area contributed by atoms with Gasteiger partial charge in [0, 0.05) is 6.42 Å². The Labute approximate surface area is 482 Å². The van der Waals surface area contributed by atoms with Gasteiger partial charge < -0.3 is 15.5 Å². The Morgan fingerprint density at radius 3 is 0.857 bits per heavy atom. The summed E-state index contributed by atoms with van der Waals surface area (Å²) >= 11 is 0. The summed E-state index contributed by atoms with van der Waals surface area (Å²) in [6, 6.07) is -0.539. The minimum atomic E-state index is -0.662. The molecule has 0 heterocycles. The largest absolute Gasteiger partial charge is 0.394 e. The highest BCUT2D eigenvalue weighted by atomic mass is 16.3. The molecule has 0 radical (unpaired) electrons. The summed E-state index contributed by atoms with van der Waals surface area (Å²) in [5.74, 6) is -0.0252. The van der Waals surface area contributed by atoms with Crippen molar-refractivity contribution in [2.24, 2.45) is 0 Å². The molecule has 0 spiro atoms. The first-order valence-electron chi connectivity index (χ1n) is 34.6. The number of aliphatic hydroxyl groups excluding tert-OH is 2. The van der Waals surface area contributed by atoms with Gasteiger partial charge in [-0.05, 0) is 64.2 Å². The Kier molecular flexibility index (Phi) is 66.2. The summed E-state index contributed by atoms with van der Waals surface area (Å²) in [6.45, 7) is 4.28. The van der Waals surface area contributed by atoms with Crippen LogP contribution in [0.1, 0.15) is 367 Å². The van der Waals surface area contributed by atoms with Crippen LogP contribution in [-0.4, -0.2) is 34.9 Å². The van der Waals surface area contributed by atoms with E-state index in [1.165, 1.54) is 276 Å². The van der Waals surface area contributed by atoms with Crippen molar-refractivity contribution in [3.63, 3.8) is 0 Å². The molecular weight excluding hydrogens is 939 g/mol. The van der Waals surface area contributed by atoms with Crippen molar-refractivity contribution in [1.29, 1.82) is 0 Å². The quantitative estimate of drug-likeness (QED) is 0.0420. The van der Waals surface area contributed by atoms with E-state index in [0.29, 0.717) is 12.8 Å². The molecule has 0 aromatic rings. The Balaban J connectivity index is 3.42. The van der Waals surface area contributed by atoms with E-state index < -0.39 is 12.1 Å². The smallest absolute Gasteiger partial charge is 0.220 e. The van der Waals surface area contributed by atoms with Crippen molar-refractivity contribution < 1.29 is 15.0 Å². The number of allylic oxidation sites excluding steroid dienone is 12. The van der Waals surface area contributed by atoms with E-state index >= 15 is 0 Å². The third-order valence-corrected chi connectivity index (χ3v) is 16.0. The van der Waals surface area contributed by atoms with Gasteiger partial charge in [-0.1, -0.05) is 369 Å². The van der Waals surface area contributed by atoms with Crippen molar-refractivity contribution in [1.82, 2.24) is 5.32 Å². The van der Waals surface area contributed by atoms with Crippen LogP contribution in [0.3, 0.4) is 0 Å². The Hall–Kier alpha value is -2.17. The summed E-state index contributed by atoms with van der Waals surface area (Å²) in [4.78, 5) is 12.6. The van der Waals surface area contributed by atoms with Gasteiger partial charge >= 0.3 is 0 Å². The van der Waals surface area contributed by atoms with Gasteiger partial charge in [-0.15, -0.1) is 0 Å². The molecule has 3 N–H and O–H groups in total. The number of carbonyl (C=O) groups is 1. The van der Waals surface area contributed by atoms with Crippen LogP contribution in [0.5, 0.6) is 0 Å². The van der Waals surface area contributed by atoms with E-state index in [0.717, 1.165) is 64.2 Å². The highest BCUT2D eigenvalue weighted by Gasteiger charge is 2.20. The average molecular weight is 1070 g/mol. The second-order valence-corrected chi connectivity index (χ2v) is 23.6. The fraction of sp³-hybridized carbons (Fsp3) is 0.822. The first-order chi connectivity index (χ1) is 38.2. The van der Waals surface area contributed by atoms with Gasteiger partial charge in [0.25, 0.3) is 0 Å². The molecule has 4 nitrogen and oxygen atoms in total. The van der Waals surface area contributed by atoms with Crippen LogP contribution in [0.2, 0.25) is 0 Å². The fourth-order valence-electron chi connectivity index (χ4n) is 10.8. The predicted octanol–water partition coefficient (Wildman–Crippen LogP) is 23.7. The van der Waals surface area contributed by atoms with Crippen molar-refractivity contribution in [3.8, 4) is 0 Å². The molecule has 0 aliphatic carbocycles. The van der Waals surface area contributed by atoms with Gasteiger partial charge in [0.2, 0.25) is 5.91 Å². The van der Waals surface area contributed by atoms with Crippen molar-refractivity contribution in [2.45, 2.75) is 379 Å². The number of nitrogens with one attached hydrogen (secondary N) is 1. The van der Waals surface area contributed by atoms with Crippen LogP contribution < -0.4 is 5.32 Å². The molecule has 0 fully saturated rings. The van der Waals surface area contributed by atoms with Crippen molar-refractivity contribution in [3.05, 3.63) is 72.9 Å². The van der Waals surface area contributed by atoms with Gasteiger partial charge in [0.15, 0.2) is 0 Å². The minimum absolute atomic E-state index is 0.0252. The Morgan fingerprint density at radius 1 is 0.325 bits per heavy atom. The Morgan fingerprint density at radius 2 is 0.571 bits per heavy atom. The number of carbonyl (C=O) groups excluding carboxylic acids is 1. The maximum atomic E-state index is 12.6. The van der Waals surface area contributed by atoms with E-state index in [-0.39, 0.29) is 12.5 Å². The summed E-state index contributed by atoms with van der Waals surface area (Å²) in [5.41, 5.74) is 0. The third-order valence-electron chi connectivity index (χ3n) is 16.0. The molecule has 77 heavy (non-hydrogen) atoms. The molecule has 0 bridgehead atoms. The van der Waals surface area contributed by atoms with Gasteiger partial charge in [0.05, 0.1) is 18.8 Å². The SMILES string of the molecule is CC/C=C\C/C=C\C/C=C\C/C=C\C/C=C\C/C=C\CCCCCCCCCCCCCCCCCCCCCCC(=O)NC(CO)C(O)CCCCCCCCCCCCCCCCCCCCCCCCCCCC. The molecule has 450 valence electrons. The number of hydrogen-bond donors (Lipinski definition) is 3. The first kappa shape index (κ1) is 74.8. The molecule has 0 rings (SSSR count). The van der Waals surface area contributed by atoms with Crippen LogP contribution in [-0.2, 0) is 4.79 Å². The molecule has 0 aromatic carbocycles. The fourth-order valence-corrected chi connectivity index (χ4v) is 10.8. The maximum Gasteiger partial charge on any atom is 0.220 e. The maximum absolute atomic E-state index is 12.6. The lowest BCUT2D eigenvalue weighted by Gasteiger charge is -2.22. The lowest BCUT2D eigenvalue weighted by atomic mass is 10.0. The molecule has 0 aliphatic heterocycles. The molecule has 2 unspecified atom stereocenters.